The molecular weight excluding hydrogens is 404 g/mol. The maximum Gasteiger partial charge on any atom is 0.267 e. The number of rotatable bonds is 12. The average molecular weight is 437 g/mol. The first kappa shape index (κ1) is 25.7. The summed E-state index contributed by atoms with van der Waals surface area (Å²) in [6.45, 7) is 4.73. The molecule has 11 nitrogen and oxygen atoms in total. The van der Waals surface area contributed by atoms with E-state index in [-0.39, 0.29) is 17.7 Å². The van der Waals surface area contributed by atoms with Gasteiger partial charge in [0.25, 0.3) is 5.91 Å². The predicted octanol–water partition coefficient (Wildman–Crippen LogP) is -0.825. The number of likely N-dealkylation sites (N-methyl/N-ethyl adjacent to an activating group) is 1. The van der Waals surface area contributed by atoms with Crippen molar-refractivity contribution in [2.24, 2.45) is 0 Å². The van der Waals surface area contributed by atoms with Crippen LogP contribution in [-0.4, -0.2) is 66.2 Å². The largest absolute Gasteiger partial charge is 0.357 e. The first-order chi connectivity index (χ1) is 14.6. The minimum absolute atomic E-state index is 0.226. The third kappa shape index (κ3) is 9.32. The number of carbonyl (C=O) groups is 5. The molecule has 0 aliphatic heterocycles. The number of hydrogen-bond donors (Lipinski definition) is 6. The van der Waals surface area contributed by atoms with Crippen molar-refractivity contribution in [2.45, 2.75) is 58.2 Å². The van der Waals surface area contributed by atoms with Gasteiger partial charge in [-0.1, -0.05) is 0 Å². The van der Waals surface area contributed by atoms with Crippen LogP contribution in [0.5, 0.6) is 0 Å². The smallest absolute Gasteiger partial charge is 0.267 e. The van der Waals surface area contributed by atoms with E-state index in [1.807, 2.05) is 0 Å². The summed E-state index contributed by atoms with van der Waals surface area (Å²) >= 11 is 0. The lowest BCUT2D eigenvalue weighted by Gasteiger charge is -2.22. The van der Waals surface area contributed by atoms with E-state index in [0.29, 0.717) is 31.5 Å². The third-order valence-corrected chi connectivity index (χ3v) is 4.49. The van der Waals surface area contributed by atoms with Crippen molar-refractivity contribution < 1.29 is 24.0 Å². The van der Waals surface area contributed by atoms with Crippen molar-refractivity contribution in [2.75, 3.05) is 13.6 Å². The molecule has 0 saturated heterocycles. The standard InChI is InChI=1S/C20H32N6O5/c1-12(17(28)21-4)25-20(31)16(26-18(29)13(2)24-14(3)27)8-5-6-10-23-19(30)15-9-7-11-22-15/h7,9,11-13,16,22H,5-6,8,10H2,1-4H3,(H,21,28)(H,23,30)(H,24,27)(H,25,31)(H,26,29)/t12-,13-,16-/m0/s1. The first-order valence-corrected chi connectivity index (χ1v) is 10.2. The summed E-state index contributed by atoms with van der Waals surface area (Å²) in [7, 11) is 1.46. The molecule has 11 heteroatoms. The molecule has 0 spiro atoms. The topological polar surface area (TPSA) is 161 Å². The van der Waals surface area contributed by atoms with Gasteiger partial charge in [-0.05, 0) is 45.2 Å². The summed E-state index contributed by atoms with van der Waals surface area (Å²) in [5.74, 6) is -1.97. The van der Waals surface area contributed by atoms with Crippen molar-refractivity contribution in [3.63, 3.8) is 0 Å². The van der Waals surface area contributed by atoms with Gasteiger partial charge in [0.15, 0.2) is 0 Å². The molecule has 6 N–H and O–H groups in total. The van der Waals surface area contributed by atoms with Gasteiger partial charge in [-0.15, -0.1) is 0 Å². The molecule has 5 amide bonds. The van der Waals surface area contributed by atoms with Gasteiger partial charge in [0.05, 0.1) is 0 Å². The van der Waals surface area contributed by atoms with Crippen LogP contribution in [0.25, 0.3) is 0 Å². The van der Waals surface area contributed by atoms with E-state index in [9.17, 15) is 24.0 Å². The number of unbranched alkanes of at least 4 members (excludes halogenated alkanes) is 1. The molecule has 1 rings (SSSR count). The molecule has 31 heavy (non-hydrogen) atoms. The number of carbonyl (C=O) groups excluding carboxylic acids is 5. The zero-order chi connectivity index (χ0) is 23.4. The van der Waals surface area contributed by atoms with Crippen molar-refractivity contribution in [3.05, 3.63) is 24.0 Å². The maximum atomic E-state index is 12.6. The molecule has 1 aromatic rings. The number of amides is 5. The Kier molecular flexibility index (Phi) is 10.8. The van der Waals surface area contributed by atoms with Gasteiger partial charge in [0.1, 0.15) is 23.8 Å². The maximum absolute atomic E-state index is 12.6. The number of aromatic amines is 1. The Balaban J connectivity index is 2.60. The van der Waals surface area contributed by atoms with Crippen LogP contribution in [0.15, 0.2) is 18.3 Å². The average Bonchev–Trinajstić information content (AvgIpc) is 3.26. The molecule has 1 aromatic heterocycles. The summed E-state index contributed by atoms with van der Waals surface area (Å²) in [6.07, 6.45) is 3.07. The van der Waals surface area contributed by atoms with E-state index in [0.717, 1.165) is 0 Å². The Morgan fingerprint density at radius 3 is 2.19 bits per heavy atom. The second-order valence-corrected chi connectivity index (χ2v) is 7.16. The molecule has 0 aliphatic carbocycles. The normalized spacial score (nSPS) is 13.3. The SMILES string of the molecule is CNC(=O)[C@H](C)NC(=O)[C@H](CCCCNC(=O)c1ccc[nH]1)NC(=O)[C@H](C)NC(C)=O. The van der Waals surface area contributed by atoms with Gasteiger partial charge in [-0.2, -0.15) is 0 Å². The molecular formula is C20H32N6O5. The molecule has 0 aromatic carbocycles. The van der Waals surface area contributed by atoms with Gasteiger partial charge >= 0.3 is 0 Å². The summed E-state index contributed by atoms with van der Waals surface area (Å²) < 4.78 is 0. The van der Waals surface area contributed by atoms with Crippen LogP contribution in [0.2, 0.25) is 0 Å². The first-order valence-electron chi connectivity index (χ1n) is 10.2. The summed E-state index contributed by atoms with van der Waals surface area (Å²) in [5.41, 5.74) is 0.458. The quantitative estimate of drug-likeness (QED) is 0.236. The Hall–Kier alpha value is -3.37. The van der Waals surface area contributed by atoms with E-state index in [2.05, 4.69) is 31.6 Å². The Morgan fingerprint density at radius 1 is 0.935 bits per heavy atom. The third-order valence-electron chi connectivity index (χ3n) is 4.49. The molecule has 0 aliphatic rings. The van der Waals surface area contributed by atoms with Crippen molar-refractivity contribution in [1.29, 1.82) is 0 Å². The van der Waals surface area contributed by atoms with Crippen LogP contribution < -0.4 is 26.6 Å². The van der Waals surface area contributed by atoms with Crippen LogP contribution in [0.4, 0.5) is 0 Å². The van der Waals surface area contributed by atoms with Crippen LogP contribution in [0, 0.1) is 0 Å². The zero-order valence-electron chi connectivity index (χ0n) is 18.3. The molecule has 0 fully saturated rings. The highest BCUT2D eigenvalue weighted by Crippen LogP contribution is 2.04. The number of H-pyrrole nitrogens is 1. The second-order valence-electron chi connectivity index (χ2n) is 7.16. The lowest BCUT2D eigenvalue weighted by molar-refractivity contribution is -0.133. The van der Waals surface area contributed by atoms with E-state index in [1.54, 1.807) is 18.3 Å². The van der Waals surface area contributed by atoms with Crippen molar-refractivity contribution >= 4 is 29.5 Å². The highest BCUT2D eigenvalue weighted by atomic mass is 16.2. The number of aromatic nitrogens is 1. The zero-order valence-corrected chi connectivity index (χ0v) is 18.3. The fourth-order valence-electron chi connectivity index (χ4n) is 2.77. The highest BCUT2D eigenvalue weighted by molar-refractivity contribution is 5.94. The lowest BCUT2D eigenvalue weighted by atomic mass is 10.1. The van der Waals surface area contributed by atoms with E-state index in [4.69, 9.17) is 0 Å². The highest BCUT2D eigenvalue weighted by Gasteiger charge is 2.25. The molecule has 3 atom stereocenters. The van der Waals surface area contributed by atoms with Gasteiger partial charge in [0.2, 0.25) is 23.6 Å². The van der Waals surface area contributed by atoms with E-state index >= 15 is 0 Å². The van der Waals surface area contributed by atoms with Gasteiger partial charge < -0.3 is 31.6 Å². The lowest BCUT2D eigenvalue weighted by Crippen LogP contribution is -2.55. The molecule has 0 bridgehead atoms. The summed E-state index contributed by atoms with van der Waals surface area (Å²) in [5, 5.41) is 12.8. The second kappa shape index (κ2) is 13.0. The number of hydrogen-bond acceptors (Lipinski definition) is 5. The minimum Gasteiger partial charge on any atom is -0.357 e. The summed E-state index contributed by atoms with van der Waals surface area (Å²) in [4.78, 5) is 62.5. The molecule has 0 unspecified atom stereocenters. The fourth-order valence-corrected chi connectivity index (χ4v) is 2.77. The Morgan fingerprint density at radius 2 is 1.61 bits per heavy atom. The fraction of sp³-hybridized carbons (Fsp3) is 0.550. The van der Waals surface area contributed by atoms with Crippen LogP contribution in [0.1, 0.15) is 50.5 Å². The Labute approximate surface area is 181 Å². The van der Waals surface area contributed by atoms with Crippen LogP contribution in [-0.2, 0) is 19.2 Å². The monoisotopic (exact) mass is 436 g/mol. The van der Waals surface area contributed by atoms with Gasteiger partial charge in [0, 0.05) is 26.7 Å². The predicted molar refractivity (Wildman–Crippen MR) is 114 cm³/mol. The van der Waals surface area contributed by atoms with E-state index < -0.39 is 29.9 Å². The van der Waals surface area contributed by atoms with Crippen molar-refractivity contribution in [1.82, 2.24) is 31.6 Å². The number of nitrogens with one attached hydrogen (secondary N) is 6. The van der Waals surface area contributed by atoms with Gasteiger partial charge in [-0.3, -0.25) is 24.0 Å². The van der Waals surface area contributed by atoms with Crippen molar-refractivity contribution in [3.8, 4) is 0 Å². The molecule has 0 radical (unpaired) electrons. The Bertz CT molecular complexity index is 764. The molecule has 172 valence electrons. The molecule has 0 saturated carbocycles. The van der Waals surface area contributed by atoms with Crippen LogP contribution >= 0.6 is 0 Å². The van der Waals surface area contributed by atoms with Crippen LogP contribution in [0.3, 0.4) is 0 Å². The minimum atomic E-state index is -0.894. The molecule has 1 heterocycles. The van der Waals surface area contributed by atoms with E-state index in [1.165, 1.54) is 27.8 Å². The summed E-state index contributed by atoms with van der Waals surface area (Å²) in [6, 6.07) is 0.904. The van der Waals surface area contributed by atoms with Gasteiger partial charge in [-0.25, -0.2) is 0 Å².